The molecule has 0 saturated carbocycles. The van der Waals surface area contributed by atoms with E-state index in [0.29, 0.717) is 18.7 Å². The predicted molar refractivity (Wildman–Crippen MR) is 118 cm³/mol. The van der Waals surface area contributed by atoms with Gasteiger partial charge in [0.15, 0.2) is 0 Å². The van der Waals surface area contributed by atoms with Crippen LogP contribution < -0.4 is 0 Å². The quantitative estimate of drug-likeness (QED) is 0.405. The van der Waals surface area contributed by atoms with Crippen molar-refractivity contribution in [2.24, 2.45) is 0 Å². The lowest BCUT2D eigenvalue weighted by Crippen LogP contribution is -2.35. The topological polar surface area (TPSA) is 60.9 Å². The summed E-state index contributed by atoms with van der Waals surface area (Å²) in [4.78, 5) is 29.3. The minimum Gasteiger partial charge on any atom is -0.507 e. The van der Waals surface area contributed by atoms with Gasteiger partial charge in [0, 0.05) is 23.1 Å². The highest BCUT2D eigenvalue weighted by molar-refractivity contribution is 9.10. The van der Waals surface area contributed by atoms with Gasteiger partial charge in [0.25, 0.3) is 11.7 Å². The van der Waals surface area contributed by atoms with Gasteiger partial charge in [-0.25, -0.2) is 0 Å². The van der Waals surface area contributed by atoms with Crippen LogP contribution in [0.5, 0.6) is 0 Å². The van der Waals surface area contributed by atoms with E-state index in [1.165, 1.54) is 5.56 Å². The number of ketones is 1. The summed E-state index contributed by atoms with van der Waals surface area (Å²) in [6, 6.07) is 14.3. The van der Waals surface area contributed by atoms with Crippen LogP contribution in [0.25, 0.3) is 5.76 Å². The Kier molecular flexibility index (Phi) is 6.55. The number of Topliss-reactive ketones (excluding diaryl/α,β-unsaturated/α-hetero) is 1. The number of aryl methyl sites for hydroxylation is 1. The summed E-state index contributed by atoms with van der Waals surface area (Å²) < 4.78 is 0.868. The molecule has 0 spiro atoms. The van der Waals surface area contributed by atoms with E-state index in [2.05, 4.69) is 22.9 Å². The number of rotatable bonds is 6. The summed E-state index contributed by atoms with van der Waals surface area (Å²) >= 11 is 3.37. The van der Waals surface area contributed by atoms with Crippen LogP contribution in [0.2, 0.25) is 0 Å². The van der Waals surface area contributed by atoms with E-state index in [1.54, 1.807) is 29.2 Å². The number of benzene rings is 2. The summed E-state index contributed by atoms with van der Waals surface area (Å²) in [7, 11) is 3.84. The highest BCUT2D eigenvalue weighted by Crippen LogP contribution is 2.39. The van der Waals surface area contributed by atoms with Crippen molar-refractivity contribution in [2.45, 2.75) is 19.4 Å². The number of aliphatic hydroxyl groups is 1. The third kappa shape index (κ3) is 4.43. The van der Waals surface area contributed by atoms with Crippen LogP contribution in [0.1, 0.15) is 29.7 Å². The molecule has 29 heavy (non-hydrogen) atoms. The van der Waals surface area contributed by atoms with E-state index in [4.69, 9.17) is 0 Å². The fraction of sp³-hybridized carbons (Fsp3) is 0.304. The lowest BCUT2D eigenvalue weighted by molar-refractivity contribution is -0.140. The largest absolute Gasteiger partial charge is 0.507 e. The van der Waals surface area contributed by atoms with Crippen LogP contribution in [0.3, 0.4) is 0 Å². The molecule has 3 rings (SSSR count). The van der Waals surface area contributed by atoms with Crippen molar-refractivity contribution >= 4 is 33.4 Å². The van der Waals surface area contributed by atoms with E-state index < -0.39 is 17.7 Å². The molecule has 152 valence electrons. The van der Waals surface area contributed by atoms with Gasteiger partial charge in [-0.2, -0.15) is 0 Å². The fourth-order valence-corrected chi connectivity index (χ4v) is 3.73. The van der Waals surface area contributed by atoms with E-state index in [9.17, 15) is 14.7 Å². The number of carbonyl (C=O) groups excluding carboxylic acids is 2. The molecule has 1 aliphatic rings. The molecule has 0 bridgehead atoms. The van der Waals surface area contributed by atoms with E-state index >= 15 is 0 Å². The van der Waals surface area contributed by atoms with Crippen LogP contribution >= 0.6 is 15.9 Å². The minimum atomic E-state index is -0.645. The normalized spacial score (nSPS) is 18.7. The van der Waals surface area contributed by atoms with E-state index in [0.717, 1.165) is 16.5 Å². The van der Waals surface area contributed by atoms with Gasteiger partial charge >= 0.3 is 0 Å². The van der Waals surface area contributed by atoms with Gasteiger partial charge in [0.05, 0.1) is 11.6 Å². The Morgan fingerprint density at radius 1 is 1.07 bits per heavy atom. The number of aliphatic hydroxyl groups excluding tert-OH is 1. The molecule has 1 heterocycles. The molecule has 1 unspecified atom stereocenters. The van der Waals surface area contributed by atoms with Gasteiger partial charge < -0.3 is 14.9 Å². The zero-order valence-electron chi connectivity index (χ0n) is 16.9. The SMILES string of the molecule is CCc1ccc(C2/C(=C(/O)c3ccc(Br)cc3)C(=O)C(=O)N2CCN(C)C)cc1. The van der Waals surface area contributed by atoms with Crippen molar-refractivity contribution in [2.75, 3.05) is 27.2 Å². The Morgan fingerprint density at radius 3 is 2.24 bits per heavy atom. The van der Waals surface area contributed by atoms with Gasteiger partial charge in [0.1, 0.15) is 5.76 Å². The summed E-state index contributed by atoms with van der Waals surface area (Å²) in [6.07, 6.45) is 0.903. The van der Waals surface area contributed by atoms with E-state index in [1.807, 2.05) is 43.3 Å². The molecule has 1 fully saturated rings. The third-order valence-corrected chi connectivity index (χ3v) is 5.68. The molecule has 1 saturated heterocycles. The molecule has 1 amide bonds. The molecule has 1 atom stereocenters. The van der Waals surface area contributed by atoms with Crippen molar-refractivity contribution in [3.8, 4) is 0 Å². The average molecular weight is 457 g/mol. The molecule has 1 N–H and O–H groups in total. The number of likely N-dealkylation sites (N-methyl/N-ethyl adjacent to an activating group) is 1. The first-order valence-corrected chi connectivity index (χ1v) is 10.4. The highest BCUT2D eigenvalue weighted by Gasteiger charge is 2.45. The Morgan fingerprint density at radius 2 is 1.69 bits per heavy atom. The molecular weight excluding hydrogens is 432 g/mol. The number of hydrogen-bond acceptors (Lipinski definition) is 4. The molecule has 0 radical (unpaired) electrons. The van der Waals surface area contributed by atoms with Crippen molar-refractivity contribution < 1.29 is 14.7 Å². The molecule has 0 aromatic heterocycles. The zero-order chi connectivity index (χ0) is 21.1. The summed E-state index contributed by atoms with van der Waals surface area (Å²) in [6.45, 7) is 3.09. The highest BCUT2D eigenvalue weighted by atomic mass is 79.9. The maximum absolute atomic E-state index is 12.9. The molecule has 0 aliphatic carbocycles. The van der Waals surface area contributed by atoms with Crippen molar-refractivity contribution in [3.05, 3.63) is 75.3 Å². The lowest BCUT2D eigenvalue weighted by Gasteiger charge is -2.26. The molecular formula is C23H25BrN2O3. The van der Waals surface area contributed by atoms with Crippen LogP contribution in [-0.2, 0) is 16.0 Å². The summed E-state index contributed by atoms with van der Waals surface area (Å²) in [5.74, 6) is -1.36. The first-order chi connectivity index (χ1) is 13.8. The van der Waals surface area contributed by atoms with Crippen LogP contribution in [0.4, 0.5) is 0 Å². The Balaban J connectivity index is 2.12. The van der Waals surface area contributed by atoms with E-state index in [-0.39, 0.29) is 11.3 Å². The minimum absolute atomic E-state index is 0.139. The molecule has 1 aliphatic heterocycles. The van der Waals surface area contributed by atoms with Crippen molar-refractivity contribution in [3.63, 3.8) is 0 Å². The summed E-state index contributed by atoms with van der Waals surface area (Å²) in [5, 5.41) is 11.0. The van der Waals surface area contributed by atoms with Gasteiger partial charge in [0.2, 0.25) is 0 Å². The van der Waals surface area contributed by atoms with Gasteiger partial charge in [-0.3, -0.25) is 9.59 Å². The average Bonchev–Trinajstić information content (AvgIpc) is 2.97. The fourth-order valence-electron chi connectivity index (χ4n) is 3.46. The summed E-state index contributed by atoms with van der Waals surface area (Å²) in [5.41, 5.74) is 2.64. The zero-order valence-corrected chi connectivity index (χ0v) is 18.4. The first-order valence-electron chi connectivity index (χ1n) is 9.61. The molecule has 6 heteroatoms. The Labute approximate surface area is 179 Å². The van der Waals surface area contributed by atoms with Crippen molar-refractivity contribution in [1.29, 1.82) is 0 Å². The van der Waals surface area contributed by atoms with Gasteiger partial charge in [-0.05, 0) is 43.8 Å². The number of halogens is 1. The number of amides is 1. The monoisotopic (exact) mass is 456 g/mol. The van der Waals surface area contributed by atoms with Crippen LogP contribution in [-0.4, -0.2) is 53.8 Å². The predicted octanol–water partition coefficient (Wildman–Crippen LogP) is 3.99. The second-order valence-electron chi connectivity index (χ2n) is 7.40. The number of nitrogens with zero attached hydrogens (tertiary/aromatic N) is 2. The third-order valence-electron chi connectivity index (χ3n) is 5.15. The number of carbonyl (C=O) groups is 2. The molecule has 2 aromatic rings. The van der Waals surface area contributed by atoms with Crippen molar-refractivity contribution in [1.82, 2.24) is 9.80 Å². The Hall–Kier alpha value is -2.44. The smallest absolute Gasteiger partial charge is 0.295 e. The lowest BCUT2D eigenvalue weighted by atomic mass is 9.94. The second-order valence-corrected chi connectivity index (χ2v) is 8.31. The number of hydrogen-bond donors (Lipinski definition) is 1. The standard InChI is InChI=1S/C23H25BrN2O3/c1-4-15-5-7-16(8-6-15)20-19(21(27)17-9-11-18(24)12-10-17)22(28)23(29)26(20)14-13-25(2)3/h5-12,20,27H,4,13-14H2,1-3H3/b21-19-. The Bertz CT molecular complexity index is 934. The molecule has 5 nitrogen and oxygen atoms in total. The second kappa shape index (κ2) is 8.93. The molecule has 2 aromatic carbocycles. The number of likely N-dealkylation sites (tertiary alicyclic amines) is 1. The first kappa shape index (κ1) is 21.3. The maximum atomic E-state index is 12.9. The van der Waals surface area contributed by atoms with Crippen LogP contribution in [0, 0.1) is 0 Å². The van der Waals surface area contributed by atoms with Gasteiger partial charge in [-0.15, -0.1) is 0 Å². The van der Waals surface area contributed by atoms with Gasteiger partial charge in [-0.1, -0.05) is 59.3 Å². The maximum Gasteiger partial charge on any atom is 0.295 e. The van der Waals surface area contributed by atoms with Crippen LogP contribution in [0.15, 0.2) is 58.6 Å².